The van der Waals surface area contributed by atoms with Gasteiger partial charge in [-0.25, -0.2) is 0 Å². The van der Waals surface area contributed by atoms with Crippen LogP contribution in [-0.4, -0.2) is 4.57 Å². The molecule has 1 heterocycles. The molecule has 0 fully saturated rings. The van der Waals surface area contributed by atoms with Gasteiger partial charge in [0.2, 0.25) is 0 Å². The van der Waals surface area contributed by atoms with Crippen molar-refractivity contribution >= 4 is 22.7 Å². The number of hydrogen-bond acceptors (Lipinski definition) is 0. The van der Waals surface area contributed by atoms with Crippen LogP contribution in [0, 0.1) is 0 Å². The summed E-state index contributed by atoms with van der Waals surface area (Å²) in [4.78, 5) is 0. The van der Waals surface area contributed by atoms with E-state index < -0.39 is 23.2 Å². The van der Waals surface area contributed by atoms with E-state index in [9.17, 15) is 0 Å². The van der Waals surface area contributed by atoms with E-state index in [1.807, 2.05) is 0 Å². The topological polar surface area (TPSA) is 4.93 Å². The minimum absolute atomic E-state index is 0. The number of hydrogen-bond donors (Lipinski definition) is 0. The molecular weight excluding hydrogens is 444 g/mol. The van der Waals surface area contributed by atoms with Gasteiger partial charge in [0, 0.05) is 0 Å². The Morgan fingerprint density at radius 1 is 0.862 bits per heavy atom. The van der Waals surface area contributed by atoms with Crippen LogP contribution in [0.5, 0.6) is 0 Å². The van der Waals surface area contributed by atoms with Gasteiger partial charge in [-0.3, -0.25) is 0 Å². The molecule has 146 valence electrons. The van der Waals surface area contributed by atoms with E-state index in [0.29, 0.717) is 3.63 Å². The van der Waals surface area contributed by atoms with Crippen LogP contribution >= 0.6 is 0 Å². The molecule has 0 saturated heterocycles. The molecule has 29 heavy (non-hydrogen) atoms. The van der Waals surface area contributed by atoms with Crippen molar-refractivity contribution < 1.29 is 32.6 Å². The van der Waals surface area contributed by atoms with Crippen LogP contribution in [-0.2, 0) is 23.2 Å². The van der Waals surface area contributed by atoms with E-state index in [4.69, 9.17) is 0 Å². The molecule has 1 atom stereocenters. The van der Waals surface area contributed by atoms with Crippen molar-refractivity contribution in [3.8, 4) is 0 Å². The first-order chi connectivity index (χ1) is 13.1. The van der Waals surface area contributed by atoms with Crippen LogP contribution in [0.4, 0.5) is 0 Å². The number of nitrogens with zero attached hydrogens (tertiary/aromatic N) is 1. The Kier molecular flexibility index (Phi) is 6.24. The van der Waals surface area contributed by atoms with Crippen molar-refractivity contribution in [1.82, 2.24) is 4.57 Å². The zero-order valence-corrected chi connectivity index (χ0v) is 19.3. The van der Waals surface area contributed by atoms with E-state index in [2.05, 4.69) is 92.2 Å². The predicted molar refractivity (Wildman–Crippen MR) is 111 cm³/mol. The average molecular weight is 467 g/mol. The third kappa shape index (κ3) is 3.53. The van der Waals surface area contributed by atoms with Crippen molar-refractivity contribution in [1.29, 1.82) is 0 Å². The van der Waals surface area contributed by atoms with Crippen LogP contribution in [0.25, 0.3) is 22.7 Å². The fourth-order valence-corrected chi connectivity index (χ4v) is 9.08. The zero-order chi connectivity index (χ0) is 18.5. The van der Waals surface area contributed by atoms with E-state index in [0.717, 1.165) is 0 Å². The minimum Gasteiger partial charge on any atom is -1.00 e. The quantitative estimate of drug-likeness (QED) is 0.538. The molecule has 1 nitrogen and oxygen atoms in total. The van der Waals surface area contributed by atoms with Gasteiger partial charge in [0.05, 0.1) is 0 Å². The SMILES string of the molecule is CC1=C(C)C(C)=[C]([Zr+2][CH]2C(n3ccc4ccccc43)=Cc3ccccc32)C1.[F-].[F-]. The summed E-state index contributed by atoms with van der Waals surface area (Å²) in [7, 11) is 0. The second-order valence-electron chi connectivity index (χ2n) is 7.71. The number of halogens is 2. The molecule has 3 aromatic rings. The van der Waals surface area contributed by atoms with Crippen molar-refractivity contribution in [3.63, 3.8) is 0 Å². The Morgan fingerprint density at radius 2 is 1.59 bits per heavy atom. The summed E-state index contributed by atoms with van der Waals surface area (Å²) in [6.45, 7) is 6.96. The second-order valence-corrected chi connectivity index (χ2v) is 11.3. The van der Waals surface area contributed by atoms with Crippen LogP contribution < -0.4 is 9.41 Å². The summed E-state index contributed by atoms with van der Waals surface area (Å²) in [5.41, 5.74) is 10.4. The van der Waals surface area contributed by atoms with Gasteiger partial charge < -0.3 is 9.41 Å². The van der Waals surface area contributed by atoms with Gasteiger partial charge in [-0.15, -0.1) is 0 Å². The molecule has 2 aromatic carbocycles. The van der Waals surface area contributed by atoms with Crippen molar-refractivity contribution in [3.05, 3.63) is 91.9 Å². The first-order valence-electron chi connectivity index (χ1n) is 9.63. The molecule has 0 aliphatic heterocycles. The monoisotopic (exact) mass is 465 g/mol. The van der Waals surface area contributed by atoms with E-state index in [1.165, 1.54) is 34.2 Å². The normalized spacial score (nSPS) is 17.6. The Hall–Kier alpha value is -2.06. The molecule has 0 saturated carbocycles. The van der Waals surface area contributed by atoms with Crippen molar-refractivity contribution in [2.75, 3.05) is 0 Å². The number of allylic oxidation sites excluding steroid dienone is 5. The third-order valence-corrected chi connectivity index (χ3v) is 10.6. The summed E-state index contributed by atoms with van der Waals surface area (Å²) in [6, 6.07) is 20.0. The van der Waals surface area contributed by atoms with Crippen molar-refractivity contribution in [2.24, 2.45) is 0 Å². The first kappa shape index (κ1) is 21.6. The van der Waals surface area contributed by atoms with Gasteiger partial charge in [0.1, 0.15) is 0 Å². The predicted octanol–water partition coefficient (Wildman–Crippen LogP) is 0.799. The van der Waals surface area contributed by atoms with E-state index >= 15 is 0 Å². The molecule has 0 radical (unpaired) electrons. The maximum atomic E-state index is 2.44. The average Bonchev–Trinajstić information content (AvgIpc) is 3.33. The maximum absolute atomic E-state index is 2.44. The summed E-state index contributed by atoms with van der Waals surface area (Å²) in [5, 5.41) is 1.32. The Labute approximate surface area is 182 Å². The number of aromatic nitrogens is 1. The minimum atomic E-state index is -0.790. The zero-order valence-electron chi connectivity index (χ0n) is 16.8. The fraction of sp³-hybridized carbons (Fsp3) is 0.200. The van der Waals surface area contributed by atoms with Crippen LogP contribution in [0.3, 0.4) is 0 Å². The first-order valence-corrected chi connectivity index (χ1v) is 12.3. The number of benzene rings is 2. The van der Waals surface area contributed by atoms with Gasteiger partial charge in [0.15, 0.2) is 0 Å². The van der Waals surface area contributed by atoms with Gasteiger partial charge >= 0.3 is 173 Å². The molecule has 2 aliphatic carbocycles. The fourth-order valence-electron chi connectivity index (χ4n) is 4.39. The standard InChI is InChI=1S/C17H12N.C8H11.2FH.Zr/c1-2-7-15-12-16(11-14(15)6-1)18-10-9-13-5-3-4-8-17(13)18;1-6-4-5-7(2)8(6)3;;;/h1-12H;4H2,1-3H3;2*1H;/q;;;;+2/p-2. The largest absolute Gasteiger partial charge is 1.00 e. The van der Waals surface area contributed by atoms with E-state index in [1.54, 1.807) is 20.0 Å². The molecule has 1 aromatic heterocycles. The van der Waals surface area contributed by atoms with Gasteiger partial charge in [-0.2, -0.15) is 0 Å². The van der Waals surface area contributed by atoms with Crippen LogP contribution in [0.1, 0.15) is 41.9 Å². The summed E-state index contributed by atoms with van der Waals surface area (Å²) in [5.74, 6) is 0. The molecule has 1 unspecified atom stereocenters. The molecule has 0 bridgehead atoms. The molecule has 4 heteroatoms. The molecular formula is C25H23F2NZr. The molecule has 0 spiro atoms. The summed E-state index contributed by atoms with van der Waals surface area (Å²) < 4.78 is 4.81. The molecule has 5 rings (SSSR count). The summed E-state index contributed by atoms with van der Waals surface area (Å²) in [6.07, 6.45) is 5.91. The smallest absolute Gasteiger partial charge is 1.00 e. The third-order valence-electron chi connectivity index (χ3n) is 6.20. The van der Waals surface area contributed by atoms with Crippen LogP contribution in [0.2, 0.25) is 0 Å². The van der Waals surface area contributed by atoms with Gasteiger partial charge in [0.25, 0.3) is 0 Å². The van der Waals surface area contributed by atoms with Gasteiger partial charge in [-0.1, -0.05) is 0 Å². The van der Waals surface area contributed by atoms with Crippen LogP contribution in [0.15, 0.2) is 80.8 Å². The number of para-hydroxylation sites is 1. The van der Waals surface area contributed by atoms with E-state index in [-0.39, 0.29) is 9.41 Å². The molecule has 0 N–H and O–H groups in total. The Balaban J connectivity index is 0.00000120. The number of rotatable bonds is 3. The Bertz CT molecular complexity index is 1170. The second kappa shape index (κ2) is 8.36. The summed E-state index contributed by atoms with van der Waals surface area (Å²) >= 11 is -0.790. The molecule has 2 aliphatic rings. The number of fused-ring (bicyclic) bond motifs is 2. The molecule has 0 amide bonds. The maximum Gasteiger partial charge on any atom is -1.00 e. The van der Waals surface area contributed by atoms with Gasteiger partial charge in [-0.05, 0) is 0 Å². The van der Waals surface area contributed by atoms with Crippen molar-refractivity contribution in [2.45, 2.75) is 30.8 Å². The Morgan fingerprint density at radius 3 is 2.34 bits per heavy atom.